The maximum atomic E-state index is 2.51. The van der Waals surface area contributed by atoms with Crippen LogP contribution in [-0.4, -0.2) is 28.4 Å². The molecule has 1 aliphatic heterocycles. The minimum Gasteiger partial charge on any atom is -0.298 e. The first-order valence-electron chi connectivity index (χ1n) is 5.28. The molecule has 2 rings (SSSR count). The fourth-order valence-electron chi connectivity index (χ4n) is 2.67. The SMILES string of the molecule is CN1Cc2ccccc2[C@H]1[Si](C)(C)C.[B]. The van der Waals surface area contributed by atoms with Crippen LogP contribution >= 0.6 is 0 Å². The van der Waals surface area contributed by atoms with Crippen LogP contribution in [0.5, 0.6) is 0 Å². The van der Waals surface area contributed by atoms with Crippen molar-refractivity contribution < 1.29 is 0 Å². The van der Waals surface area contributed by atoms with Crippen LogP contribution < -0.4 is 0 Å². The Morgan fingerprint density at radius 2 is 1.80 bits per heavy atom. The summed E-state index contributed by atoms with van der Waals surface area (Å²) < 4.78 is 0. The lowest BCUT2D eigenvalue weighted by molar-refractivity contribution is 0.328. The minimum atomic E-state index is -1.11. The fraction of sp³-hybridized carbons (Fsp3) is 0.500. The molecule has 0 N–H and O–H groups in total. The van der Waals surface area contributed by atoms with Gasteiger partial charge in [-0.05, 0) is 18.2 Å². The summed E-state index contributed by atoms with van der Waals surface area (Å²) in [5.41, 5.74) is 3.82. The number of hydrogen-bond acceptors (Lipinski definition) is 1. The maximum Gasteiger partial charge on any atom is 0.0694 e. The molecule has 0 fully saturated rings. The van der Waals surface area contributed by atoms with Crippen LogP contribution in [0.2, 0.25) is 19.6 Å². The molecule has 1 heterocycles. The van der Waals surface area contributed by atoms with Crippen LogP contribution in [0.1, 0.15) is 16.8 Å². The van der Waals surface area contributed by atoms with Crippen LogP contribution in [0, 0.1) is 0 Å². The third kappa shape index (κ3) is 2.18. The second kappa shape index (κ2) is 4.14. The first-order chi connectivity index (χ1) is 6.50. The summed E-state index contributed by atoms with van der Waals surface area (Å²) in [6.45, 7) is 8.49. The van der Waals surface area contributed by atoms with Gasteiger partial charge < -0.3 is 0 Å². The molecule has 0 bridgehead atoms. The van der Waals surface area contributed by atoms with Crippen molar-refractivity contribution in [1.29, 1.82) is 0 Å². The largest absolute Gasteiger partial charge is 0.298 e. The molecule has 79 valence electrons. The van der Waals surface area contributed by atoms with Gasteiger partial charge in [0, 0.05) is 20.6 Å². The molecule has 1 aromatic carbocycles. The number of benzene rings is 1. The third-order valence-electron chi connectivity index (χ3n) is 3.03. The first-order valence-corrected chi connectivity index (χ1v) is 8.86. The van der Waals surface area contributed by atoms with Crippen molar-refractivity contribution in [3.8, 4) is 0 Å². The van der Waals surface area contributed by atoms with Crippen molar-refractivity contribution in [3.63, 3.8) is 0 Å². The molecule has 3 heteroatoms. The number of nitrogens with zero attached hydrogens (tertiary/aromatic N) is 1. The van der Waals surface area contributed by atoms with E-state index in [1.807, 2.05) is 0 Å². The minimum absolute atomic E-state index is 0. The Labute approximate surface area is 96.1 Å². The van der Waals surface area contributed by atoms with Gasteiger partial charge in [0.25, 0.3) is 0 Å². The Kier molecular flexibility index (Phi) is 3.46. The van der Waals surface area contributed by atoms with Gasteiger partial charge in [-0.1, -0.05) is 43.9 Å². The van der Waals surface area contributed by atoms with Crippen LogP contribution in [0.3, 0.4) is 0 Å². The Morgan fingerprint density at radius 1 is 1.20 bits per heavy atom. The molecule has 0 aliphatic carbocycles. The standard InChI is InChI=1S/C12H19NSi.B/c1-13-9-10-7-5-6-8-11(10)12(13)14(2,3)4;/h5-8,12H,9H2,1-4H3;/t12-;/m1./s1. The second-order valence-electron chi connectivity index (χ2n) is 5.38. The van der Waals surface area contributed by atoms with E-state index in [9.17, 15) is 0 Å². The van der Waals surface area contributed by atoms with E-state index in [0.717, 1.165) is 6.54 Å². The molecular weight excluding hydrogens is 197 g/mol. The van der Waals surface area contributed by atoms with E-state index in [2.05, 4.69) is 55.9 Å². The van der Waals surface area contributed by atoms with Gasteiger partial charge in [0.15, 0.2) is 0 Å². The lowest BCUT2D eigenvalue weighted by Gasteiger charge is -2.31. The van der Waals surface area contributed by atoms with Crippen molar-refractivity contribution in [2.75, 3.05) is 7.05 Å². The maximum absolute atomic E-state index is 2.51. The summed E-state index contributed by atoms with van der Waals surface area (Å²) in [4.78, 5) is 2.51. The van der Waals surface area contributed by atoms with Crippen LogP contribution in [0.4, 0.5) is 0 Å². The molecule has 0 aromatic heterocycles. The highest BCUT2D eigenvalue weighted by Gasteiger charge is 2.36. The molecule has 3 radical (unpaired) electrons. The predicted octanol–water partition coefficient (Wildman–Crippen LogP) is 2.67. The highest BCUT2D eigenvalue weighted by atomic mass is 28.3. The van der Waals surface area contributed by atoms with E-state index in [-0.39, 0.29) is 8.41 Å². The quantitative estimate of drug-likeness (QED) is 0.652. The molecule has 0 saturated carbocycles. The molecule has 0 spiro atoms. The van der Waals surface area contributed by atoms with Crippen LogP contribution in [0.15, 0.2) is 24.3 Å². The second-order valence-corrected chi connectivity index (χ2v) is 10.7. The molecule has 1 atom stereocenters. The smallest absolute Gasteiger partial charge is 0.0694 e. The summed E-state index contributed by atoms with van der Waals surface area (Å²) in [6.07, 6.45) is 0. The molecule has 0 saturated heterocycles. The van der Waals surface area contributed by atoms with E-state index < -0.39 is 8.07 Å². The van der Waals surface area contributed by atoms with Crippen molar-refractivity contribution in [2.45, 2.75) is 31.9 Å². The Balaban J connectivity index is 0.00000112. The third-order valence-corrected chi connectivity index (χ3v) is 5.42. The van der Waals surface area contributed by atoms with Gasteiger partial charge in [-0.25, -0.2) is 0 Å². The molecule has 0 unspecified atom stereocenters. The van der Waals surface area contributed by atoms with Gasteiger partial charge in [0.2, 0.25) is 0 Å². The molecular formula is C12H19BNSi. The van der Waals surface area contributed by atoms with Crippen molar-refractivity contribution in [2.24, 2.45) is 0 Å². The lowest BCUT2D eigenvalue weighted by Crippen LogP contribution is -2.38. The molecule has 15 heavy (non-hydrogen) atoms. The van der Waals surface area contributed by atoms with E-state index in [0.29, 0.717) is 5.67 Å². The van der Waals surface area contributed by atoms with E-state index in [4.69, 9.17) is 0 Å². The monoisotopic (exact) mass is 216 g/mol. The summed E-state index contributed by atoms with van der Waals surface area (Å²) in [5.74, 6) is 0. The predicted molar refractivity (Wildman–Crippen MR) is 69.8 cm³/mol. The van der Waals surface area contributed by atoms with E-state index in [1.165, 1.54) is 5.56 Å². The highest BCUT2D eigenvalue weighted by molar-refractivity contribution is 6.77. The average Bonchev–Trinajstić information content (AvgIpc) is 2.38. The van der Waals surface area contributed by atoms with Crippen LogP contribution in [0.25, 0.3) is 0 Å². The zero-order chi connectivity index (χ0) is 10.3. The van der Waals surface area contributed by atoms with Gasteiger partial charge in [-0.15, -0.1) is 0 Å². The topological polar surface area (TPSA) is 3.24 Å². The average molecular weight is 216 g/mol. The highest BCUT2D eigenvalue weighted by Crippen LogP contribution is 2.38. The Morgan fingerprint density at radius 3 is 2.40 bits per heavy atom. The summed E-state index contributed by atoms with van der Waals surface area (Å²) in [7, 11) is 1.14. The summed E-state index contributed by atoms with van der Waals surface area (Å²) in [6, 6.07) is 8.90. The number of fused-ring (bicyclic) bond motifs is 1. The van der Waals surface area contributed by atoms with E-state index >= 15 is 0 Å². The van der Waals surface area contributed by atoms with Crippen molar-refractivity contribution >= 4 is 16.5 Å². The molecule has 0 amide bonds. The van der Waals surface area contributed by atoms with Gasteiger partial charge in [0.1, 0.15) is 0 Å². The Hall–Kier alpha value is -0.538. The molecule has 1 aliphatic rings. The van der Waals surface area contributed by atoms with Gasteiger partial charge in [0.05, 0.1) is 8.07 Å². The van der Waals surface area contributed by atoms with Gasteiger partial charge in [-0.2, -0.15) is 0 Å². The first kappa shape index (κ1) is 12.5. The zero-order valence-corrected chi connectivity index (χ0v) is 11.1. The zero-order valence-electron chi connectivity index (χ0n) is 10.1. The van der Waals surface area contributed by atoms with Crippen LogP contribution in [-0.2, 0) is 6.54 Å². The van der Waals surface area contributed by atoms with Gasteiger partial charge in [-0.3, -0.25) is 4.90 Å². The molecule has 1 nitrogen and oxygen atoms in total. The number of rotatable bonds is 1. The lowest BCUT2D eigenvalue weighted by atomic mass is 10.1. The molecule has 1 aromatic rings. The number of hydrogen-bond donors (Lipinski definition) is 0. The summed E-state index contributed by atoms with van der Waals surface area (Å²) in [5, 5.41) is 0. The fourth-order valence-corrected chi connectivity index (χ4v) is 5.30. The van der Waals surface area contributed by atoms with Crippen molar-refractivity contribution in [1.82, 2.24) is 4.90 Å². The summed E-state index contributed by atoms with van der Waals surface area (Å²) >= 11 is 0. The van der Waals surface area contributed by atoms with Gasteiger partial charge >= 0.3 is 0 Å². The Bertz CT molecular complexity index is 346. The van der Waals surface area contributed by atoms with Crippen molar-refractivity contribution in [3.05, 3.63) is 35.4 Å². The normalized spacial score (nSPS) is 20.9. The van der Waals surface area contributed by atoms with E-state index in [1.54, 1.807) is 5.56 Å².